The van der Waals surface area contributed by atoms with Crippen LogP contribution in [0.2, 0.25) is 0 Å². The lowest BCUT2D eigenvalue weighted by Gasteiger charge is -2.33. The second-order valence-corrected chi connectivity index (χ2v) is 8.04. The number of rotatable bonds is 10. The fourth-order valence-electron chi connectivity index (χ4n) is 3.16. The van der Waals surface area contributed by atoms with Crippen LogP contribution >= 0.6 is 0 Å². The van der Waals surface area contributed by atoms with E-state index in [0.717, 1.165) is 5.92 Å². The zero-order chi connectivity index (χ0) is 15.6. The summed E-state index contributed by atoms with van der Waals surface area (Å²) in [6, 6.07) is 0. The van der Waals surface area contributed by atoms with Gasteiger partial charge in [-0.15, -0.1) is 0 Å². The van der Waals surface area contributed by atoms with E-state index in [1.54, 1.807) is 0 Å². The third kappa shape index (κ3) is 10.3. The Morgan fingerprint density at radius 1 is 0.905 bits per heavy atom. The van der Waals surface area contributed by atoms with Crippen LogP contribution in [0.15, 0.2) is 0 Å². The maximum Gasteiger partial charge on any atom is 0.00966 e. The van der Waals surface area contributed by atoms with Gasteiger partial charge in [-0.25, -0.2) is 0 Å². The van der Waals surface area contributed by atoms with Crippen molar-refractivity contribution in [2.45, 2.75) is 91.0 Å². The second-order valence-electron chi connectivity index (χ2n) is 8.04. The molecule has 0 aromatic carbocycles. The molecule has 0 aliphatic carbocycles. The predicted octanol–water partition coefficient (Wildman–Crippen LogP) is 4.84. The van der Waals surface area contributed by atoms with Gasteiger partial charge in [-0.2, -0.15) is 0 Å². The Morgan fingerprint density at radius 2 is 1.48 bits per heavy atom. The number of likely N-dealkylation sites (tertiary alicyclic amines) is 1. The summed E-state index contributed by atoms with van der Waals surface area (Å²) in [6.45, 7) is 14.3. The number of nitrogens with one attached hydrogen (secondary N) is 1. The molecule has 21 heavy (non-hydrogen) atoms. The van der Waals surface area contributed by atoms with Gasteiger partial charge in [0.15, 0.2) is 0 Å². The van der Waals surface area contributed by atoms with Crippen LogP contribution in [0.4, 0.5) is 0 Å². The molecule has 0 saturated carbocycles. The summed E-state index contributed by atoms with van der Waals surface area (Å²) in [6.07, 6.45) is 12.8. The van der Waals surface area contributed by atoms with Gasteiger partial charge in [-0.05, 0) is 72.1 Å². The molecule has 1 N–H and O–H groups in total. The Morgan fingerprint density at radius 3 is 2.05 bits per heavy atom. The Balaban J connectivity index is 1.96. The van der Waals surface area contributed by atoms with Gasteiger partial charge in [0.25, 0.3) is 0 Å². The number of piperidine rings is 1. The smallest absolute Gasteiger partial charge is 0.00966 e. The van der Waals surface area contributed by atoms with E-state index in [2.05, 4.69) is 37.9 Å². The zero-order valence-electron chi connectivity index (χ0n) is 15.2. The third-order valence-electron chi connectivity index (χ3n) is 4.71. The van der Waals surface area contributed by atoms with E-state index in [1.807, 2.05) is 0 Å². The van der Waals surface area contributed by atoms with Gasteiger partial charge in [-0.3, -0.25) is 0 Å². The van der Waals surface area contributed by atoms with Crippen molar-refractivity contribution in [2.75, 3.05) is 26.2 Å². The average molecular weight is 297 g/mol. The lowest BCUT2D eigenvalue weighted by Crippen LogP contribution is -2.43. The maximum atomic E-state index is 3.66. The van der Waals surface area contributed by atoms with Crippen molar-refractivity contribution in [3.05, 3.63) is 0 Å². The number of unbranched alkanes of at least 4 members (excludes halogenated alkanes) is 6. The third-order valence-corrected chi connectivity index (χ3v) is 4.71. The molecule has 1 aliphatic heterocycles. The molecule has 1 rings (SSSR count). The monoisotopic (exact) mass is 296 g/mol. The second kappa shape index (κ2) is 10.6. The van der Waals surface area contributed by atoms with Crippen LogP contribution in [0.1, 0.15) is 85.5 Å². The van der Waals surface area contributed by atoms with Gasteiger partial charge in [0.2, 0.25) is 0 Å². The largest absolute Gasteiger partial charge is 0.312 e. The molecule has 0 unspecified atom stereocenters. The molecule has 0 bridgehead atoms. The minimum absolute atomic E-state index is 0.273. The van der Waals surface area contributed by atoms with Gasteiger partial charge in [0.05, 0.1) is 0 Å². The maximum absolute atomic E-state index is 3.66. The van der Waals surface area contributed by atoms with E-state index < -0.39 is 0 Å². The lowest BCUT2D eigenvalue weighted by molar-refractivity contribution is 0.174. The first-order valence-electron chi connectivity index (χ1n) is 9.48. The van der Waals surface area contributed by atoms with Crippen LogP contribution < -0.4 is 5.32 Å². The van der Waals surface area contributed by atoms with Crippen molar-refractivity contribution in [2.24, 2.45) is 5.92 Å². The topological polar surface area (TPSA) is 15.3 Å². The van der Waals surface area contributed by atoms with E-state index in [1.165, 1.54) is 84.0 Å². The fraction of sp³-hybridized carbons (Fsp3) is 1.00. The van der Waals surface area contributed by atoms with Crippen LogP contribution in [0.5, 0.6) is 0 Å². The van der Waals surface area contributed by atoms with Crippen molar-refractivity contribution in [1.82, 2.24) is 10.2 Å². The van der Waals surface area contributed by atoms with Gasteiger partial charge in [0.1, 0.15) is 0 Å². The first kappa shape index (κ1) is 19.0. The summed E-state index contributed by atoms with van der Waals surface area (Å²) in [4.78, 5) is 2.69. The molecule has 1 aliphatic rings. The van der Waals surface area contributed by atoms with E-state index in [-0.39, 0.29) is 5.54 Å². The lowest BCUT2D eigenvalue weighted by atomic mass is 9.95. The van der Waals surface area contributed by atoms with E-state index in [9.17, 15) is 0 Å². The minimum Gasteiger partial charge on any atom is -0.312 e. The van der Waals surface area contributed by atoms with Crippen LogP contribution in [-0.4, -0.2) is 36.6 Å². The summed E-state index contributed by atoms with van der Waals surface area (Å²) in [5.74, 6) is 0.898. The molecular weight excluding hydrogens is 256 g/mol. The van der Waals surface area contributed by atoms with Gasteiger partial charge < -0.3 is 10.2 Å². The molecule has 1 heterocycles. The highest BCUT2D eigenvalue weighted by Gasteiger charge is 2.20. The molecule has 1 fully saturated rings. The SMILES string of the molecule is CCCCCCCCCN1CCC(CNC(C)(C)C)CC1. The Labute approximate surface area is 134 Å². The first-order valence-corrected chi connectivity index (χ1v) is 9.48. The van der Waals surface area contributed by atoms with Crippen molar-refractivity contribution < 1.29 is 0 Å². The normalized spacial score (nSPS) is 18.3. The molecule has 0 radical (unpaired) electrons. The Hall–Kier alpha value is -0.0800. The molecule has 0 spiro atoms. The van der Waals surface area contributed by atoms with Crippen molar-refractivity contribution in [3.8, 4) is 0 Å². The molecule has 126 valence electrons. The summed E-state index contributed by atoms with van der Waals surface area (Å²) in [5, 5.41) is 3.66. The number of hydrogen-bond donors (Lipinski definition) is 1. The molecule has 0 aromatic rings. The molecule has 0 aromatic heterocycles. The van der Waals surface area contributed by atoms with Crippen LogP contribution in [0.25, 0.3) is 0 Å². The summed E-state index contributed by atoms with van der Waals surface area (Å²) < 4.78 is 0. The fourth-order valence-corrected chi connectivity index (χ4v) is 3.16. The Kier molecular flexibility index (Phi) is 9.59. The molecule has 0 atom stereocenters. The van der Waals surface area contributed by atoms with Crippen molar-refractivity contribution in [1.29, 1.82) is 0 Å². The Bertz CT molecular complexity index is 236. The van der Waals surface area contributed by atoms with Gasteiger partial charge >= 0.3 is 0 Å². The highest BCUT2D eigenvalue weighted by atomic mass is 15.1. The van der Waals surface area contributed by atoms with Crippen LogP contribution in [-0.2, 0) is 0 Å². The van der Waals surface area contributed by atoms with E-state index in [4.69, 9.17) is 0 Å². The molecule has 0 amide bonds. The number of nitrogens with zero attached hydrogens (tertiary/aromatic N) is 1. The van der Waals surface area contributed by atoms with E-state index >= 15 is 0 Å². The molecule has 1 saturated heterocycles. The zero-order valence-corrected chi connectivity index (χ0v) is 15.2. The number of hydrogen-bond acceptors (Lipinski definition) is 2. The summed E-state index contributed by atoms with van der Waals surface area (Å²) >= 11 is 0. The highest BCUT2D eigenvalue weighted by molar-refractivity contribution is 4.78. The minimum atomic E-state index is 0.273. The standard InChI is InChI=1S/C19H40N2/c1-5-6-7-8-9-10-11-14-21-15-12-18(13-16-21)17-20-19(2,3)4/h18,20H,5-17H2,1-4H3. The van der Waals surface area contributed by atoms with Crippen LogP contribution in [0, 0.1) is 5.92 Å². The quantitative estimate of drug-likeness (QED) is 0.580. The highest BCUT2D eigenvalue weighted by Crippen LogP contribution is 2.18. The van der Waals surface area contributed by atoms with Crippen molar-refractivity contribution in [3.63, 3.8) is 0 Å². The van der Waals surface area contributed by atoms with Gasteiger partial charge in [0, 0.05) is 5.54 Å². The first-order chi connectivity index (χ1) is 10.0. The summed E-state index contributed by atoms with van der Waals surface area (Å²) in [7, 11) is 0. The molecule has 2 nitrogen and oxygen atoms in total. The van der Waals surface area contributed by atoms with Crippen LogP contribution in [0.3, 0.4) is 0 Å². The van der Waals surface area contributed by atoms with Gasteiger partial charge in [-0.1, -0.05) is 45.4 Å². The summed E-state index contributed by atoms with van der Waals surface area (Å²) in [5.41, 5.74) is 0.273. The average Bonchev–Trinajstić information content (AvgIpc) is 2.44. The predicted molar refractivity (Wildman–Crippen MR) is 94.9 cm³/mol. The molecule has 2 heteroatoms. The van der Waals surface area contributed by atoms with E-state index in [0.29, 0.717) is 0 Å². The molecular formula is C19H40N2. The van der Waals surface area contributed by atoms with Crippen molar-refractivity contribution >= 4 is 0 Å².